The molecule has 0 unspecified atom stereocenters. The molecule has 1 aliphatic rings. The van der Waals surface area contributed by atoms with Gasteiger partial charge in [-0.1, -0.05) is 24.3 Å². The van der Waals surface area contributed by atoms with Gasteiger partial charge >= 0.3 is 0 Å². The van der Waals surface area contributed by atoms with Crippen LogP contribution in [0.4, 0.5) is 0 Å². The minimum Gasteiger partial charge on any atom is -0.355 e. The van der Waals surface area contributed by atoms with Crippen molar-refractivity contribution in [3.8, 4) is 0 Å². The summed E-state index contributed by atoms with van der Waals surface area (Å²) >= 11 is 0. The van der Waals surface area contributed by atoms with Crippen LogP contribution in [0.1, 0.15) is 44.7 Å². The number of carbonyl (C=O) groups is 2. The first-order valence-electron chi connectivity index (χ1n) is 9.37. The van der Waals surface area contributed by atoms with Crippen LogP contribution in [0.5, 0.6) is 0 Å². The van der Waals surface area contributed by atoms with Crippen LogP contribution in [0.2, 0.25) is 0 Å². The SMILES string of the molecule is CNC(=O)c1cc(C(=O)NC2CC2)cn(Cc2cccc(CN(C)C)c2)c1=O. The number of hydrogen-bond donors (Lipinski definition) is 2. The fourth-order valence-corrected chi connectivity index (χ4v) is 3.06. The van der Waals surface area contributed by atoms with E-state index in [2.05, 4.69) is 15.5 Å². The van der Waals surface area contributed by atoms with Crippen LogP contribution >= 0.6 is 0 Å². The summed E-state index contributed by atoms with van der Waals surface area (Å²) in [6.45, 7) is 1.07. The van der Waals surface area contributed by atoms with Gasteiger partial charge in [0.25, 0.3) is 17.4 Å². The molecule has 1 aromatic heterocycles. The Morgan fingerprint density at radius 3 is 2.50 bits per heavy atom. The predicted molar refractivity (Wildman–Crippen MR) is 108 cm³/mol. The lowest BCUT2D eigenvalue weighted by Gasteiger charge is -2.14. The van der Waals surface area contributed by atoms with E-state index in [1.54, 1.807) is 0 Å². The van der Waals surface area contributed by atoms with Crippen molar-refractivity contribution >= 4 is 11.8 Å². The lowest BCUT2D eigenvalue weighted by molar-refractivity contribution is 0.0950. The van der Waals surface area contributed by atoms with Gasteiger partial charge in [-0.05, 0) is 44.1 Å². The molecule has 1 heterocycles. The van der Waals surface area contributed by atoms with Gasteiger partial charge in [-0.2, -0.15) is 0 Å². The van der Waals surface area contributed by atoms with Gasteiger partial charge in [-0.15, -0.1) is 0 Å². The molecule has 2 amide bonds. The third kappa shape index (κ3) is 4.86. The summed E-state index contributed by atoms with van der Waals surface area (Å²) in [6, 6.07) is 9.51. The van der Waals surface area contributed by atoms with E-state index in [1.807, 2.05) is 38.4 Å². The molecule has 1 aromatic carbocycles. The second-order valence-corrected chi connectivity index (χ2v) is 7.46. The van der Waals surface area contributed by atoms with Crippen LogP contribution in [0.3, 0.4) is 0 Å². The summed E-state index contributed by atoms with van der Waals surface area (Å²) in [6.07, 6.45) is 3.46. The van der Waals surface area contributed by atoms with Gasteiger partial charge in [0.2, 0.25) is 0 Å². The predicted octanol–water partition coefficient (Wildman–Crippen LogP) is 1.21. The Hall–Kier alpha value is -2.93. The summed E-state index contributed by atoms with van der Waals surface area (Å²) < 4.78 is 1.43. The van der Waals surface area contributed by atoms with Crippen LogP contribution in [0.25, 0.3) is 0 Å². The highest BCUT2D eigenvalue weighted by Crippen LogP contribution is 2.19. The van der Waals surface area contributed by atoms with Crippen LogP contribution in [-0.4, -0.2) is 48.5 Å². The Morgan fingerprint density at radius 1 is 1.14 bits per heavy atom. The van der Waals surface area contributed by atoms with Crippen molar-refractivity contribution in [3.63, 3.8) is 0 Å². The summed E-state index contributed by atoms with van der Waals surface area (Å²) in [7, 11) is 5.46. The fourth-order valence-electron chi connectivity index (χ4n) is 3.06. The van der Waals surface area contributed by atoms with Crippen molar-refractivity contribution in [1.29, 1.82) is 0 Å². The Bertz CT molecular complexity index is 945. The number of nitrogens with one attached hydrogen (secondary N) is 2. The first-order valence-corrected chi connectivity index (χ1v) is 9.37. The summed E-state index contributed by atoms with van der Waals surface area (Å²) in [5, 5.41) is 5.38. The highest BCUT2D eigenvalue weighted by molar-refractivity contribution is 5.99. The smallest absolute Gasteiger partial charge is 0.263 e. The number of pyridine rings is 1. The maximum absolute atomic E-state index is 12.8. The van der Waals surface area contributed by atoms with Gasteiger partial charge in [0.1, 0.15) is 5.56 Å². The first kappa shape index (κ1) is 19.8. The Kier molecular flexibility index (Phi) is 5.94. The van der Waals surface area contributed by atoms with E-state index in [-0.39, 0.29) is 24.1 Å². The van der Waals surface area contributed by atoms with Crippen molar-refractivity contribution in [2.24, 2.45) is 0 Å². The van der Waals surface area contributed by atoms with Gasteiger partial charge in [-0.25, -0.2) is 0 Å². The van der Waals surface area contributed by atoms with Crippen molar-refractivity contribution in [2.75, 3.05) is 21.1 Å². The minimum absolute atomic E-state index is 0.0320. The monoisotopic (exact) mass is 382 g/mol. The quantitative estimate of drug-likeness (QED) is 0.754. The van der Waals surface area contributed by atoms with Crippen LogP contribution < -0.4 is 16.2 Å². The second kappa shape index (κ2) is 8.39. The maximum atomic E-state index is 12.8. The molecular formula is C21H26N4O3. The molecule has 0 radical (unpaired) electrons. The molecule has 0 saturated heterocycles. The fraction of sp³-hybridized carbons (Fsp3) is 0.381. The van der Waals surface area contributed by atoms with Crippen molar-refractivity contribution < 1.29 is 9.59 Å². The summed E-state index contributed by atoms with van der Waals surface area (Å²) in [5.41, 5.74) is 1.93. The third-order valence-electron chi connectivity index (χ3n) is 4.58. The Labute approximate surface area is 164 Å². The average Bonchev–Trinajstić information content (AvgIpc) is 3.46. The topological polar surface area (TPSA) is 83.4 Å². The average molecular weight is 382 g/mol. The molecule has 148 valence electrons. The van der Waals surface area contributed by atoms with E-state index >= 15 is 0 Å². The number of rotatable bonds is 7. The summed E-state index contributed by atoms with van der Waals surface area (Å²) in [4.78, 5) is 39.5. The van der Waals surface area contributed by atoms with Crippen molar-refractivity contribution in [3.05, 3.63) is 69.1 Å². The zero-order valence-electron chi connectivity index (χ0n) is 16.5. The first-order chi connectivity index (χ1) is 13.4. The van der Waals surface area contributed by atoms with E-state index in [4.69, 9.17) is 0 Å². The molecule has 3 rings (SSSR count). The molecule has 0 spiro atoms. The van der Waals surface area contributed by atoms with E-state index < -0.39 is 11.5 Å². The van der Waals surface area contributed by atoms with Gasteiger partial charge in [0.15, 0.2) is 0 Å². The van der Waals surface area contributed by atoms with Crippen molar-refractivity contribution in [2.45, 2.75) is 32.0 Å². The molecule has 2 N–H and O–H groups in total. The molecule has 7 heteroatoms. The minimum atomic E-state index is -0.499. The number of carbonyl (C=O) groups excluding carboxylic acids is 2. The van der Waals surface area contributed by atoms with E-state index in [1.165, 1.54) is 23.9 Å². The number of aromatic nitrogens is 1. The second-order valence-electron chi connectivity index (χ2n) is 7.46. The van der Waals surface area contributed by atoms with Crippen LogP contribution in [0.15, 0.2) is 41.3 Å². The molecule has 1 saturated carbocycles. The molecule has 0 atom stereocenters. The molecular weight excluding hydrogens is 356 g/mol. The lowest BCUT2D eigenvalue weighted by Crippen LogP contribution is -2.34. The number of hydrogen-bond acceptors (Lipinski definition) is 4. The van der Waals surface area contributed by atoms with E-state index in [0.717, 1.165) is 30.5 Å². The molecule has 28 heavy (non-hydrogen) atoms. The molecule has 1 fully saturated rings. The zero-order valence-corrected chi connectivity index (χ0v) is 16.5. The normalized spacial score (nSPS) is 13.4. The third-order valence-corrected chi connectivity index (χ3v) is 4.58. The molecule has 0 bridgehead atoms. The van der Waals surface area contributed by atoms with E-state index in [0.29, 0.717) is 5.56 Å². The van der Waals surface area contributed by atoms with Crippen LogP contribution in [0, 0.1) is 0 Å². The highest BCUT2D eigenvalue weighted by Gasteiger charge is 2.25. The van der Waals surface area contributed by atoms with E-state index in [9.17, 15) is 14.4 Å². The molecule has 0 aliphatic heterocycles. The number of amides is 2. The van der Waals surface area contributed by atoms with Gasteiger partial charge in [0, 0.05) is 25.8 Å². The highest BCUT2D eigenvalue weighted by atomic mass is 16.2. The lowest BCUT2D eigenvalue weighted by atomic mass is 10.1. The molecule has 1 aliphatic carbocycles. The zero-order chi connectivity index (χ0) is 20.3. The molecule has 7 nitrogen and oxygen atoms in total. The Balaban J connectivity index is 1.95. The standard InChI is InChI=1S/C21H26N4O3/c1-22-20(27)18-10-16(19(26)23-17-7-8-17)13-25(21(18)28)12-15-6-4-5-14(9-15)11-24(2)3/h4-6,9-10,13,17H,7-8,11-12H2,1-3H3,(H,22,27)(H,23,26). The maximum Gasteiger partial charge on any atom is 0.263 e. The van der Waals surface area contributed by atoms with Gasteiger partial charge in [-0.3, -0.25) is 14.4 Å². The Morgan fingerprint density at radius 2 is 1.86 bits per heavy atom. The summed E-state index contributed by atoms with van der Waals surface area (Å²) in [5.74, 6) is -0.760. The number of nitrogens with zero attached hydrogens (tertiary/aromatic N) is 2. The largest absolute Gasteiger partial charge is 0.355 e. The van der Waals surface area contributed by atoms with Crippen molar-refractivity contribution in [1.82, 2.24) is 20.1 Å². The van der Waals surface area contributed by atoms with Crippen LogP contribution in [-0.2, 0) is 13.1 Å². The van der Waals surface area contributed by atoms with Gasteiger partial charge < -0.3 is 20.1 Å². The van der Waals surface area contributed by atoms with Gasteiger partial charge in [0.05, 0.1) is 12.1 Å². The number of benzene rings is 1. The molecule has 2 aromatic rings.